The summed E-state index contributed by atoms with van der Waals surface area (Å²) in [6, 6.07) is 1.05. The van der Waals surface area contributed by atoms with E-state index in [1.807, 2.05) is 6.92 Å². The first-order valence-corrected chi connectivity index (χ1v) is 7.97. The van der Waals surface area contributed by atoms with Crippen molar-refractivity contribution in [2.75, 3.05) is 30.3 Å². The van der Waals surface area contributed by atoms with Crippen LogP contribution in [-0.2, 0) is 0 Å². The Morgan fingerprint density at radius 2 is 1.86 bits per heavy atom. The minimum Gasteiger partial charge on any atom is -0.367 e. The fourth-order valence-electron chi connectivity index (χ4n) is 2.61. The lowest BCUT2D eigenvalue weighted by Crippen LogP contribution is -2.40. The number of hydrogen-bond donors (Lipinski definition) is 3. The quantitative estimate of drug-likeness (QED) is 0.694. The maximum atomic E-state index is 4.53. The minimum atomic E-state index is 0.525. The minimum absolute atomic E-state index is 0.525. The number of rotatable bonds is 8. The summed E-state index contributed by atoms with van der Waals surface area (Å²) in [7, 11) is 0. The van der Waals surface area contributed by atoms with E-state index < -0.39 is 0 Å². The number of hydrogen-bond acceptors (Lipinski definition) is 6. The van der Waals surface area contributed by atoms with Crippen LogP contribution < -0.4 is 10.6 Å². The van der Waals surface area contributed by atoms with E-state index in [2.05, 4.69) is 63.2 Å². The molecule has 0 bridgehead atoms. The van der Waals surface area contributed by atoms with Gasteiger partial charge in [-0.25, -0.2) is 4.98 Å². The largest absolute Gasteiger partial charge is 0.367 e. The third kappa shape index (κ3) is 3.85. The standard InChI is InChI=1S/C15H27N7/c1-6-16-15-20-13(12-14(21-15)19-9-18-12)17-7-8-22(10(2)3)11(4)5/h9-11H,6-8H2,1-5H3,(H3,16,17,18,19,20,21). The number of aromatic nitrogens is 4. The second-order valence-electron chi connectivity index (χ2n) is 5.88. The number of nitrogens with one attached hydrogen (secondary N) is 3. The fraction of sp³-hybridized carbons (Fsp3) is 0.667. The Morgan fingerprint density at radius 3 is 2.50 bits per heavy atom. The van der Waals surface area contributed by atoms with Gasteiger partial charge in [0.15, 0.2) is 11.5 Å². The second kappa shape index (κ2) is 7.40. The monoisotopic (exact) mass is 305 g/mol. The Bertz CT molecular complexity index is 583. The first-order valence-electron chi connectivity index (χ1n) is 7.97. The SMILES string of the molecule is CCNc1nc(NCCN(C(C)C)C(C)C)c2[nH]cnc2n1. The van der Waals surface area contributed by atoms with Crippen LogP contribution in [0.4, 0.5) is 11.8 Å². The molecule has 2 rings (SSSR count). The summed E-state index contributed by atoms with van der Waals surface area (Å²) < 4.78 is 0. The van der Waals surface area contributed by atoms with Gasteiger partial charge in [-0.15, -0.1) is 0 Å². The van der Waals surface area contributed by atoms with Gasteiger partial charge in [0.1, 0.15) is 5.52 Å². The van der Waals surface area contributed by atoms with Gasteiger partial charge in [0.05, 0.1) is 6.33 Å². The van der Waals surface area contributed by atoms with Gasteiger partial charge in [0, 0.05) is 31.7 Å². The van der Waals surface area contributed by atoms with Crippen LogP contribution >= 0.6 is 0 Å². The molecule has 0 radical (unpaired) electrons. The molecule has 3 N–H and O–H groups in total. The van der Waals surface area contributed by atoms with Gasteiger partial charge in [0.2, 0.25) is 5.95 Å². The number of fused-ring (bicyclic) bond motifs is 1. The van der Waals surface area contributed by atoms with E-state index in [4.69, 9.17) is 0 Å². The molecule has 0 aliphatic rings. The lowest BCUT2D eigenvalue weighted by molar-refractivity contribution is 0.182. The van der Waals surface area contributed by atoms with Gasteiger partial charge >= 0.3 is 0 Å². The molecule has 2 aromatic heterocycles. The Balaban J connectivity index is 2.08. The summed E-state index contributed by atoms with van der Waals surface area (Å²) in [5.41, 5.74) is 1.53. The third-order valence-electron chi connectivity index (χ3n) is 3.61. The fourth-order valence-corrected chi connectivity index (χ4v) is 2.61. The third-order valence-corrected chi connectivity index (χ3v) is 3.61. The molecule has 0 saturated carbocycles. The van der Waals surface area contributed by atoms with E-state index in [1.54, 1.807) is 6.33 Å². The number of aromatic amines is 1. The summed E-state index contributed by atoms with van der Waals surface area (Å²) in [6.07, 6.45) is 1.65. The number of H-pyrrole nitrogens is 1. The zero-order valence-electron chi connectivity index (χ0n) is 14.1. The van der Waals surface area contributed by atoms with Gasteiger partial charge in [0.25, 0.3) is 0 Å². The molecule has 122 valence electrons. The molecule has 0 fully saturated rings. The Labute approximate surface area is 131 Å². The first kappa shape index (κ1) is 16.5. The molecule has 0 aliphatic carbocycles. The molecule has 0 saturated heterocycles. The highest BCUT2D eigenvalue weighted by molar-refractivity contribution is 5.83. The van der Waals surface area contributed by atoms with Gasteiger partial charge < -0.3 is 15.6 Å². The van der Waals surface area contributed by atoms with E-state index in [0.29, 0.717) is 23.7 Å². The Morgan fingerprint density at radius 1 is 1.14 bits per heavy atom. The highest BCUT2D eigenvalue weighted by atomic mass is 15.2. The Hall–Kier alpha value is -1.89. The molecule has 0 amide bonds. The predicted molar refractivity (Wildman–Crippen MR) is 91.3 cm³/mol. The zero-order chi connectivity index (χ0) is 16.1. The summed E-state index contributed by atoms with van der Waals surface area (Å²) >= 11 is 0. The summed E-state index contributed by atoms with van der Waals surface area (Å²) in [5, 5.41) is 6.55. The predicted octanol–water partition coefficient (Wildman–Crippen LogP) is 2.32. The molecule has 2 heterocycles. The number of anilines is 2. The van der Waals surface area contributed by atoms with Crippen LogP contribution in [0.25, 0.3) is 11.2 Å². The van der Waals surface area contributed by atoms with Crippen LogP contribution in [0.5, 0.6) is 0 Å². The van der Waals surface area contributed by atoms with E-state index >= 15 is 0 Å². The molecule has 2 aromatic rings. The van der Waals surface area contributed by atoms with Gasteiger partial charge in [-0.2, -0.15) is 9.97 Å². The highest BCUT2D eigenvalue weighted by Gasteiger charge is 2.14. The van der Waals surface area contributed by atoms with Crippen molar-refractivity contribution in [1.29, 1.82) is 0 Å². The van der Waals surface area contributed by atoms with Crippen molar-refractivity contribution in [3.05, 3.63) is 6.33 Å². The van der Waals surface area contributed by atoms with Crippen LogP contribution in [0.15, 0.2) is 6.33 Å². The molecule has 0 atom stereocenters. The summed E-state index contributed by atoms with van der Waals surface area (Å²) in [4.78, 5) is 18.7. The molecule has 7 heteroatoms. The molecule has 0 unspecified atom stereocenters. The summed E-state index contributed by atoms with van der Waals surface area (Å²) in [6.45, 7) is 13.5. The average molecular weight is 305 g/mol. The molecule has 0 aliphatic heterocycles. The second-order valence-corrected chi connectivity index (χ2v) is 5.88. The molecule has 0 spiro atoms. The van der Waals surface area contributed by atoms with Crippen molar-refractivity contribution in [1.82, 2.24) is 24.8 Å². The maximum Gasteiger partial charge on any atom is 0.226 e. The average Bonchev–Trinajstić information content (AvgIpc) is 2.91. The van der Waals surface area contributed by atoms with Gasteiger partial charge in [-0.3, -0.25) is 4.90 Å². The lowest BCUT2D eigenvalue weighted by Gasteiger charge is -2.30. The van der Waals surface area contributed by atoms with Crippen molar-refractivity contribution in [2.24, 2.45) is 0 Å². The first-order chi connectivity index (χ1) is 10.5. The van der Waals surface area contributed by atoms with Crippen LogP contribution in [0.1, 0.15) is 34.6 Å². The Kier molecular flexibility index (Phi) is 5.54. The van der Waals surface area contributed by atoms with Crippen molar-refractivity contribution in [3.8, 4) is 0 Å². The van der Waals surface area contributed by atoms with E-state index in [-0.39, 0.29) is 0 Å². The number of nitrogens with zero attached hydrogens (tertiary/aromatic N) is 4. The zero-order valence-corrected chi connectivity index (χ0v) is 14.1. The molecular formula is C15H27N7. The van der Waals surface area contributed by atoms with Crippen LogP contribution in [0.2, 0.25) is 0 Å². The van der Waals surface area contributed by atoms with E-state index in [0.717, 1.165) is 31.0 Å². The topological polar surface area (TPSA) is 81.8 Å². The van der Waals surface area contributed by atoms with Crippen LogP contribution in [0.3, 0.4) is 0 Å². The van der Waals surface area contributed by atoms with E-state index in [9.17, 15) is 0 Å². The van der Waals surface area contributed by atoms with Crippen molar-refractivity contribution >= 4 is 22.9 Å². The number of imidazole rings is 1. The molecular weight excluding hydrogens is 278 g/mol. The molecule has 7 nitrogen and oxygen atoms in total. The smallest absolute Gasteiger partial charge is 0.226 e. The van der Waals surface area contributed by atoms with Crippen LogP contribution in [-0.4, -0.2) is 56.6 Å². The van der Waals surface area contributed by atoms with Gasteiger partial charge in [-0.05, 0) is 34.6 Å². The summed E-state index contributed by atoms with van der Waals surface area (Å²) in [5.74, 6) is 1.40. The van der Waals surface area contributed by atoms with E-state index in [1.165, 1.54) is 0 Å². The van der Waals surface area contributed by atoms with Gasteiger partial charge in [-0.1, -0.05) is 0 Å². The molecule has 22 heavy (non-hydrogen) atoms. The highest BCUT2D eigenvalue weighted by Crippen LogP contribution is 2.18. The molecule has 0 aromatic carbocycles. The maximum absolute atomic E-state index is 4.53. The normalized spacial score (nSPS) is 11.8. The van der Waals surface area contributed by atoms with Crippen molar-refractivity contribution in [2.45, 2.75) is 46.7 Å². The lowest BCUT2D eigenvalue weighted by atomic mass is 10.2. The van der Waals surface area contributed by atoms with Crippen molar-refractivity contribution in [3.63, 3.8) is 0 Å². The van der Waals surface area contributed by atoms with Crippen LogP contribution in [0, 0.1) is 0 Å². The van der Waals surface area contributed by atoms with Crippen molar-refractivity contribution < 1.29 is 0 Å².